The largest absolute Gasteiger partial charge is 0.299 e. The molecule has 2 aromatic rings. The second-order valence-electron chi connectivity index (χ2n) is 2.00. The van der Waals surface area contributed by atoms with E-state index in [1.807, 2.05) is 0 Å². The molecule has 1 N–H and O–H groups in total. The summed E-state index contributed by atoms with van der Waals surface area (Å²) in [4.78, 5) is 14.2. The molecule has 0 aromatic carbocycles. The number of carbonyl (C=O) groups is 1. The summed E-state index contributed by atoms with van der Waals surface area (Å²) in [5.41, 5.74) is 1.45. The number of nitrogens with zero attached hydrogens (tertiary/aromatic N) is 2. The highest BCUT2D eigenvalue weighted by Gasteiger charge is 1.99. The molecule has 0 unspecified atom stereocenters. The van der Waals surface area contributed by atoms with Crippen molar-refractivity contribution in [2.45, 2.75) is 0 Å². The molecular weight excluding hydrogens is 130 g/mol. The van der Waals surface area contributed by atoms with Crippen LogP contribution in [0.1, 0.15) is 10.4 Å². The summed E-state index contributed by atoms with van der Waals surface area (Å²) in [5.74, 6) is 0. The molecule has 0 fully saturated rings. The van der Waals surface area contributed by atoms with Crippen LogP contribution in [-0.4, -0.2) is 20.9 Å². The highest BCUT2D eigenvalue weighted by Crippen LogP contribution is 2.04. The molecule has 2 heterocycles. The Morgan fingerprint density at radius 2 is 2.60 bits per heavy atom. The molecule has 0 bridgehead atoms. The fourth-order valence-corrected chi connectivity index (χ4v) is 0.919. The number of H-pyrrole nitrogens is 1. The monoisotopic (exact) mass is 135 g/mol. The van der Waals surface area contributed by atoms with Crippen LogP contribution in [0.25, 0.3) is 5.52 Å². The summed E-state index contributed by atoms with van der Waals surface area (Å²) >= 11 is 0. The highest BCUT2D eigenvalue weighted by atomic mass is 16.1. The molecule has 50 valence electrons. The quantitative estimate of drug-likeness (QED) is 0.578. The molecule has 0 saturated carbocycles. The van der Waals surface area contributed by atoms with Crippen molar-refractivity contribution < 1.29 is 4.79 Å². The van der Waals surface area contributed by atoms with Crippen LogP contribution in [0.5, 0.6) is 0 Å². The van der Waals surface area contributed by atoms with Crippen LogP contribution < -0.4 is 0 Å². The van der Waals surface area contributed by atoms with E-state index in [0.717, 1.165) is 11.8 Å². The van der Waals surface area contributed by atoms with Gasteiger partial charge in [0.15, 0.2) is 6.29 Å². The van der Waals surface area contributed by atoms with Crippen LogP contribution in [0.2, 0.25) is 0 Å². The molecule has 0 radical (unpaired) electrons. The topological polar surface area (TPSA) is 50.2 Å². The third-order valence-electron chi connectivity index (χ3n) is 1.42. The molecule has 0 atom stereocenters. The molecule has 0 aliphatic rings. The Balaban J connectivity index is 2.88. The Morgan fingerprint density at radius 3 is 3.40 bits per heavy atom. The maximum atomic E-state index is 10.3. The summed E-state index contributed by atoms with van der Waals surface area (Å²) in [5, 5.41) is 2.84. The zero-order valence-electron chi connectivity index (χ0n) is 5.11. The molecule has 4 heteroatoms. The van der Waals surface area contributed by atoms with Gasteiger partial charge in [-0.1, -0.05) is 0 Å². The van der Waals surface area contributed by atoms with Gasteiger partial charge in [0.2, 0.25) is 0 Å². The van der Waals surface area contributed by atoms with Gasteiger partial charge >= 0.3 is 0 Å². The predicted octanol–water partition coefficient (Wildman–Crippen LogP) is 0.475. The van der Waals surface area contributed by atoms with Crippen molar-refractivity contribution in [1.29, 1.82) is 0 Å². The lowest BCUT2D eigenvalue weighted by atomic mass is 10.3. The van der Waals surface area contributed by atoms with Crippen molar-refractivity contribution in [3.05, 3.63) is 24.3 Å². The van der Waals surface area contributed by atoms with E-state index in [-0.39, 0.29) is 0 Å². The summed E-state index contributed by atoms with van der Waals surface area (Å²) < 4.78 is 1.68. The van der Waals surface area contributed by atoms with Crippen LogP contribution in [0.15, 0.2) is 18.7 Å². The van der Waals surface area contributed by atoms with Crippen LogP contribution in [-0.2, 0) is 0 Å². The van der Waals surface area contributed by atoms with E-state index in [1.165, 1.54) is 0 Å². The lowest BCUT2D eigenvalue weighted by Crippen LogP contribution is -1.76. The van der Waals surface area contributed by atoms with E-state index in [4.69, 9.17) is 0 Å². The zero-order chi connectivity index (χ0) is 6.97. The first-order chi connectivity index (χ1) is 4.92. The number of imidazole rings is 1. The summed E-state index contributed by atoms with van der Waals surface area (Å²) in [6.45, 7) is 0. The second-order valence-corrected chi connectivity index (χ2v) is 2.00. The van der Waals surface area contributed by atoms with E-state index in [9.17, 15) is 4.79 Å². The standard InChI is InChI=1S/C6H5N3O/c10-3-5-1-8-9-4-7-2-6(5)9/h1-4,8H. The smallest absolute Gasteiger partial charge is 0.153 e. The van der Waals surface area contributed by atoms with Gasteiger partial charge in [0.1, 0.15) is 6.33 Å². The van der Waals surface area contributed by atoms with Crippen LogP contribution in [0, 0.1) is 0 Å². The molecule has 0 aliphatic heterocycles. The van der Waals surface area contributed by atoms with Crippen molar-refractivity contribution in [3.8, 4) is 0 Å². The number of rotatable bonds is 1. The van der Waals surface area contributed by atoms with Crippen molar-refractivity contribution in [2.24, 2.45) is 0 Å². The van der Waals surface area contributed by atoms with E-state index >= 15 is 0 Å². The van der Waals surface area contributed by atoms with E-state index in [0.29, 0.717) is 5.56 Å². The van der Waals surface area contributed by atoms with Gasteiger partial charge in [-0.2, -0.15) is 0 Å². The van der Waals surface area contributed by atoms with Gasteiger partial charge in [-0.15, -0.1) is 0 Å². The number of carbonyl (C=O) groups excluding carboxylic acids is 1. The van der Waals surface area contributed by atoms with Gasteiger partial charge in [0.25, 0.3) is 0 Å². The van der Waals surface area contributed by atoms with Gasteiger partial charge < -0.3 is 0 Å². The van der Waals surface area contributed by atoms with Crippen molar-refractivity contribution >= 4 is 11.8 Å². The minimum Gasteiger partial charge on any atom is -0.299 e. The number of aromatic nitrogens is 3. The first kappa shape index (κ1) is 5.22. The maximum Gasteiger partial charge on any atom is 0.153 e. The number of aldehydes is 1. The highest BCUT2D eigenvalue weighted by molar-refractivity contribution is 5.85. The number of nitrogens with one attached hydrogen (secondary N) is 1. The first-order valence-electron chi connectivity index (χ1n) is 2.86. The Kier molecular flexibility index (Phi) is 0.887. The second kappa shape index (κ2) is 1.70. The molecule has 0 spiro atoms. The Hall–Kier alpha value is -1.58. The van der Waals surface area contributed by atoms with Crippen LogP contribution >= 0.6 is 0 Å². The van der Waals surface area contributed by atoms with Gasteiger partial charge in [0.05, 0.1) is 17.3 Å². The lowest BCUT2D eigenvalue weighted by molar-refractivity contribution is 0.112. The van der Waals surface area contributed by atoms with Crippen LogP contribution in [0.4, 0.5) is 0 Å². The Bertz CT molecular complexity index is 360. The third-order valence-corrected chi connectivity index (χ3v) is 1.42. The molecule has 10 heavy (non-hydrogen) atoms. The normalized spacial score (nSPS) is 10.4. The molecule has 0 saturated heterocycles. The van der Waals surface area contributed by atoms with E-state index < -0.39 is 0 Å². The van der Waals surface area contributed by atoms with Gasteiger partial charge in [-0.3, -0.25) is 9.89 Å². The predicted molar refractivity (Wildman–Crippen MR) is 34.9 cm³/mol. The van der Waals surface area contributed by atoms with Gasteiger partial charge in [0, 0.05) is 6.20 Å². The average molecular weight is 135 g/mol. The molecule has 2 rings (SSSR count). The average Bonchev–Trinajstić information content (AvgIpc) is 2.44. The third kappa shape index (κ3) is 0.500. The SMILES string of the molecule is O=Cc1c[nH]n2cncc12. The Labute approximate surface area is 56.5 Å². The molecule has 0 aliphatic carbocycles. The summed E-state index contributed by atoms with van der Waals surface area (Å²) in [7, 11) is 0. The number of hydrogen-bond acceptors (Lipinski definition) is 2. The van der Waals surface area contributed by atoms with E-state index in [1.54, 1.807) is 23.2 Å². The number of hydrogen-bond donors (Lipinski definition) is 1. The number of fused-ring (bicyclic) bond motifs is 1. The van der Waals surface area contributed by atoms with Gasteiger partial charge in [-0.05, 0) is 0 Å². The van der Waals surface area contributed by atoms with Crippen molar-refractivity contribution in [3.63, 3.8) is 0 Å². The minimum absolute atomic E-state index is 0.637. The minimum atomic E-state index is 0.637. The molecular formula is C6H5N3O. The zero-order valence-corrected chi connectivity index (χ0v) is 5.11. The van der Waals surface area contributed by atoms with E-state index in [2.05, 4.69) is 10.1 Å². The summed E-state index contributed by atoms with van der Waals surface area (Å²) in [6, 6.07) is 0. The van der Waals surface area contributed by atoms with Gasteiger partial charge in [-0.25, -0.2) is 9.50 Å². The van der Waals surface area contributed by atoms with Crippen molar-refractivity contribution in [2.75, 3.05) is 0 Å². The first-order valence-corrected chi connectivity index (χ1v) is 2.86. The molecule has 4 nitrogen and oxygen atoms in total. The summed E-state index contributed by atoms with van der Waals surface area (Å²) in [6.07, 6.45) is 5.69. The molecule has 0 amide bonds. The fraction of sp³-hybridized carbons (Fsp3) is 0. The number of aromatic amines is 1. The van der Waals surface area contributed by atoms with Crippen molar-refractivity contribution in [1.82, 2.24) is 14.6 Å². The molecule has 2 aromatic heterocycles. The van der Waals surface area contributed by atoms with Crippen LogP contribution in [0.3, 0.4) is 0 Å². The maximum absolute atomic E-state index is 10.3. The fourth-order valence-electron chi connectivity index (χ4n) is 0.919. The Morgan fingerprint density at radius 1 is 1.70 bits per heavy atom. The lowest BCUT2D eigenvalue weighted by Gasteiger charge is -1.77.